The highest BCUT2D eigenvalue weighted by Crippen LogP contribution is 2.27. The van der Waals surface area contributed by atoms with Gasteiger partial charge in [0.2, 0.25) is 18.1 Å². The maximum atomic E-state index is 13.5. The molecule has 0 bridgehead atoms. The Morgan fingerprint density at radius 2 is 1.91 bits per heavy atom. The van der Waals surface area contributed by atoms with Crippen molar-refractivity contribution in [3.63, 3.8) is 0 Å². The zero-order chi connectivity index (χ0) is 25.6. The van der Waals surface area contributed by atoms with Gasteiger partial charge in [-0.3, -0.25) is 14.4 Å². The average Bonchev–Trinajstić information content (AvgIpc) is 3.42. The highest BCUT2D eigenvalue weighted by molar-refractivity contribution is 5.92. The van der Waals surface area contributed by atoms with Crippen LogP contribution in [0.2, 0.25) is 0 Å². The van der Waals surface area contributed by atoms with Crippen LogP contribution in [-0.4, -0.2) is 66.3 Å². The molecule has 3 amide bonds. The number of carbonyl (C=O) groups excluding carboxylic acids is 4. The molecule has 0 spiro atoms. The van der Waals surface area contributed by atoms with E-state index in [1.54, 1.807) is 6.92 Å². The minimum Gasteiger partial charge on any atom is -0.445 e. The number of cyclic esters (lactones) is 1. The highest BCUT2D eigenvalue weighted by Gasteiger charge is 2.44. The van der Waals surface area contributed by atoms with Crippen molar-refractivity contribution in [2.45, 2.75) is 78.0 Å². The molecule has 35 heavy (non-hydrogen) atoms. The summed E-state index contributed by atoms with van der Waals surface area (Å²) in [6, 6.07) is 7.02. The summed E-state index contributed by atoms with van der Waals surface area (Å²) in [6.45, 7) is 8.09. The smallest absolute Gasteiger partial charge is 0.408 e. The minimum atomic E-state index is -0.897. The molecule has 1 unspecified atom stereocenters. The molecule has 10 nitrogen and oxygen atoms in total. The molecule has 10 heteroatoms. The van der Waals surface area contributed by atoms with Gasteiger partial charge >= 0.3 is 12.1 Å². The van der Waals surface area contributed by atoms with Gasteiger partial charge < -0.3 is 29.7 Å². The van der Waals surface area contributed by atoms with Gasteiger partial charge in [-0.25, -0.2) is 4.79 Å². The maximum absolute atomic E-state index is 13.5. The van der Waals surface area contributed by atoms with Crippen molar-refractivity contribution in [1.82, 2.24) is 15.5 Å². The molecular weight excluding hydrogens is 454 g/mol. The second kappa shape index (κ2) is 11.5. The van der Waals surface area contributed by atoms with Crippen LogP contribution in [-0.2, 0) is 35.2 Å². The van der Waals surface area contributed by atoms with Crippen LogP contribution in [0.25, 0.3) is 0 Å². The lowest BCUT2D eigenvalue weighted by molar-refractivity contribution is -0.164. The summed E-state index contributed by atoms with van der Waals surface area (Å²) in [4.78, 5) is 52.3. The quantitative estimate of drug-likeness (QED) is 0.536. The number of hydrogen-bond donors (Lipinski definition) is 2. The summed E-state index contributed by atoms with van der Waals surface area (Å²) in [5.74, 6) is -1.17. The monoisotopic (exact) mass is 489 g/mol. The molecule has 0 aliphatic carbocycles. The molecule has 2 fully saturated rings. The van der Waals surface area contributed by atoms with Crippen LogP contribution in [0.4, 0.5) is 4.79 Å². The van der Waals surface area contributed by atoms with E-state index in [1.807, 2.05) is 51.1 Å². The van der Waals surface area contributed by atoms with Gasteiger partial charge in [0.05, 0.1) is 6.42 Å². The van der Waals surface area contributed by atoms with Gasteiger partial charge in [0, 0.05) is 13.2 Å². The Balaban J connectivity index is 1.64. The summed E-state index contributed by atoms with van der Waals surface area (Å²) >= 11 is 0. The number of nitrogens with zero attached hydrogens (tertiary/aromatic N) is 1. The number of amides is 3. The Morgan fingerprint density at radius 1 is 1.20 bits per heavy atom. The van der Waals surface area contributed by atoms with E-state index in [4.69, 9.17) is 14.2 Å². The molecule has 0 aromatic heterocycles. The first kappa shape index (κ1) is 26.5. The topological polar surface area (TPSA) is 123 Å². The first-order chi connectivity index (χ1) is 16.6. The molecular formula is C25H35N3O7. The number of esters is 1. The lowest BCUT2D eigenvalue weighted by atomic mass is 9.85. The number of likely N-dealkylation sites (tertiary alicyclic amines) is 1. The van der Waals surface area contributed by atoms with Crippen LogP contribution in [0.3, 0.4) is 0 Å². The van der Waals surface area contributed by atoms with Crippen molar-refractivity contribution in [1.29, 1.82) is 0 Å². The Kier molecular flexibility index (Phi) is 8.71. The van der Waals surface area contributed by atoms with E-state index in [2.05, 4.69) is 10.6 Å². The number of rotatable bonds is 8. The molecule has 2 aliphatic rings. The average molecular weight is 490 g/mol. The van der Waals surface area contributed by atoms with Gasteiger partial charge in [0.1, 0.15) is 24.7 Å². The molecule has 1 aromatic rings. The number of ether oxygens (including phenoxy) is 3. The number of hydrogen-bond acceptors (Lipinski definition) is 7. The Labute approximate surface area is 205 Å². The van der Waals surface area contributed by atoms with E-state index in [-0.39, 0.29) is 24.8 Å². The van der Waals surface area contributed by atoms with Gasteiger partial charge in [-0.1, -0.05) is 51.1 Å². The second-order valence-corrected chi connectivity index (χ2v) is 9.83. The largest absolute Gasteiger partial charge is 0.445 e. The third-order valence-corrected chi connectivity index (χ3v) is 6.05. The SMILES string of the molecule is CCOC1OC(=O)C[C@@H]1NC(=O)[C@@H]1CCCN1C(=O)[C@@H](NC(=O)OCc1ccccc1)C(C)(C)C. The fraction of sp³-hybridized carbons (Fsp3) is 0.600. The first-order valence-corrected chi connectivity index (χ1v) is 12.0. The van der Waals surface area contributed by atoms with E-state index in [0.717, 1.165) is 5.56 Å². The maximum Gasteiger partial charge on any atom is 0.408 e. The summed E-state index contributed by atoms with van der Waals surface area (Å²) in [6.07, 6.45) is -0.410. The third-order valence-electron chi connectivity index (χ3n) is 6.05. The van der Waals surface area contributed by atoms with E-state index < -0.39 is 41.9 Å². The number of benzene rings is 1. The van der Waals surface area contributed by atoms with Crippen molar-refractivity contribution in [2.24, 2.45) is 5.41 Å². The predicted molar refractivity (Wildman–Crippen MR) is 126 cm³/mol. The van der Waals surface area contributed by atoms with E-state index in [9.17, 15) is 19.2 Å². The summed E-state index contributed by atoms with van der Waals surface area (Å²) in [5.41, 5.74) is 0.204. The van der Waals surface area contributed by atoms with E-state index in [1.165, 1.54) is 4.90 Å². The predicted octanol–water partition coefficient (Wildman–Crippen LogP) is 2.11. The lowest BCUT2D eigenvalue weighted by Crippen LogP contribution is -2.58. The fourth-order valence-electron chi connectivity index (χ4n) is 4.25. The summed E-state index contributed by atoms with van der Waals surface area (Å²) < 4.78 is 15.8. The van der Waals surface area contributed by atoms with Crippen LogP contribution in [0, 0.1) is 5.41 Å². The van der Waals surface area contributed by atoms with Crippen molar-refractivity contribution >= 4 is 23.9 Å². The zero-order valence-electron chi connectivity index (χ0n) is 20.7. The second-order valence-electron chi connectivity index (χ2n) is 9.83. The molecule has 1 aromatic carbocycles. The number of carbonyl (C=O) groups is 4. The van der Waals surface area contributed by atoms with E-state index in [0.29, 0.717) is 26.0 Å². The van der Waals surface area contributed by atoms with Gasteiger partial charge in [0.15, 0.2) is 0 Å². The van der Waals surface area contributed by atoms with Gasteiger partial charge in [-0.2, -0.15) is 0 Å². The zero-order valence-corrected chi connectivity index (χ0v) is 20.7. The molecule has 2 N–H and O–H groups in total. The summed E-state index contributed by atoms with van der Waals surface area (Å²) in [5, 5.41) is 5.51. The van der Waals surface area contributed by atoms with Gasteiger partial charge in [-0.15, -0.1) is 0 Å². The van der Waals surface area contributed by atoms with Crippen LogP contribution >= 0.6 is 0 Å². The Hall–Kier alpha value is -3.14. The Bertz CT molecular complexity index is 915. The van der Waals surface area contributed by atoms with Gasteiger partial charge in [0.25, 0.3) is 0 Å². The Morgan fingerprint density at radius 3 is 2.57 bits per heavy atom. The van der Waals surface area contributed by atoms with Crippen molar-refractivity contribution < 1.29 is 33.4 Å². The van der Waals surface area contributed by atoms with Crippen LogP contribution < -0.4 is 10.6 Å². The van der Waals surface area contributed by atoms with Crippen molar-refractivity contribution in [3.8, 4) is 0 Å². The van der Waals surface area contributed by atoms with Crippen molar-refractivity contribution in [2.75, 3.05) is 13.2 Å². The molecule has 2 saturated heterocycles. The number of nitrogens with one attached hydrogen (secondary N) is 2. The van der Waals surface area contributed by atoms with Crippen LogP contribution in [0.5, 0.6) is 0 Å². The number of alkyl carbamates (subject to hydrolysis) is 1. The third kappa shape index (κ3) is 6.94. The van der Waals surface area contributed by atoms with Crippen LogP contribution in [0.15, 0.2) is 30.3 Å². The fourth-order valence-corrected chi connectivity index (χ4v) is 4.25. The summed E-state index contributed by atoms with van der Waals surface area (Å²) in [7, 11) is 0. The van der Waals surface area contributed by atoms with Crippen LogP contribution in [0.1, 0.15) is 52.5 Å². The molecule has 0 radical (unpaired) electrons. The molecule has 192 valence electrons. The molecule has 0 saturated carbocycles. The molecule has 2 heterocycles. The normalized spacial score (nSPS) is 22.9. The van der Waals surface area contributed by atoms with Crippen molar-refractivity contribution in [3.05, 3.63) is 35.9 Å². The van der Waals surface area contributed by atoms with Gasteiger partial charge in [-0.05, 0) is 30.7 Å². The molecule has 2 aliphatic heterocycles. The highest BCUT2D eigenvalue weighted by atomic mass is 16.7. The standard InChI is InChI=1S/C25H35N3O7/c1-5-33-23-17(14-19(29)35-23)26-21(30)18-12-9-13-28(18)22(31)20(25(2,3)4)27-24(32)34-15-16-10-7-6-8-11-16/h6-8,10-11,17-18,20,23H,5,9,12-15H2,1-4H3,(H,26,30)(H,27,32)/t17-,18-,20+,23?/m0/s1. The first-order valence-electron chi connectivity index (χ1n) is 12.0. The lowest BCUT2D eigenvalue weighted by Gasteiger charge is -2.35. The van der Waals surface area contributed by atoms with E-state index >= 15 is 0 Å². The molecule has 4 atom stereocenters. The molecule has 3 rings (SSSR count). The minimum absolute atomic E-state index is 0.0104.